The second-order valence-corrected chi connectivity index (χ2v) is 5.88. The van der Waals surface area contributed by atoms with Gasteiger partial charge in [-0.15, -0.1) is 0 Å². The quantitative estimate of drug-likeness (QED) is 0.339. The zero-order valence-electron chi connectivity index (χ0n) is 15.6. The van der Waals surface area contributed by atoms with Crippen molar-refractivity contribution in [1.82, 2.24) is 20.4 Å². The van der Waals surface area contributed by atoms with Gasteiger partial charge in [-0.05, 0) is 36.4 Å². The summed E-state index contributed by atoms with van der Waals surface area (Å²) in [7, 11) is 0. The Labute approximate surface area is 169 Å². The fourth-order valence-corrected chi connectivity index (χ4v) is 2.40. The van der Waals surface area contributed by atoms with Crippen LogP contribution in [0.1, 0.15) is 17.3 Å². The number of nitrogens with zero attached hydrogens (tertiary/aromatic N) is 4. The van der Waals surface area contributed by atoms with Crippen LogP contribution in [0.2, 0.25) is 0 Å². The second-order valence-electron chi connectivity index (χ2n) is 5.88. The molecule has 0 aliphatic rings. The van der Waals surface area contributed by atoms with E-state index < -0.39 is 16.5 Å². The van der Waals surface area contributed by atoms with E-state index in [2.05, 4.69) is 36.4 Å². The lowest BCUT2D eigenvalue weighted by Crippen LogP contribution is -2.30. The zero-order valence-corrected chi connectivity index (χ0v) is 15.6. The van der Waals surface area contributed by atoms with Crippen molar-refractivity contribution >= 4 is 40.5 Å². The molecule has 30 heavy (non-hydrogen) atoms. The monoisotopic (exact) mass is 408 g/mol. The topological polar surface area (TPSA) is 164 Å². The molecule has 0 aliphatic heterocycles. The number of hydrazine groups is 1. The molecule has 2 amide bonds. The molecule has 0 fully saturated rings. The van der Waals surface area contributed by atoms with E-state index in [1.54, 1.807) is 30.3 Å². The van der Waals surface area contributed by atoms with Crippen LogP contribution in [-0.4, -0.2) is 31.7 Å². The molecule has 12 heteroatoms. The van der Waals surface area contributed by atoms with Crippen LogP contribution in [0.5, 0.6) is 0 Å². The predicted molar refractivity (Wildman–Crippen MR) is 108 cm³/mol. The van der Waals surface area contributed by atoms with Crippen LogP contribution >= 0.6 is 0 Å². The molecule has 2 heterocycles. The van der Waals surface area contributed by atoms with E-state index >= 15 is 0 Å². The van der Waals surface area contributed by atoms with Gasteiger partial charge >= 0.3 is 5.69 Å². The molecule has 3 rings (SSSR count). The highest BCUT2D eigenvalue weighted by molar-refractivity contribution is 5.94. The van der Waals surface area contributed by atoms with Gasteiger partial charge in [-0.2, -0.15) is 0 Å². The van der Waals surface area contributed by atoms with Crippen molar-refractivity contribution in [3.63, 3.8) is 0 Å². The van der Waals surface area contributed by atoms with Crippen LogP contribution in [-0.2, 0) is 4.79 Å². The lowest BCUT2D eigenvalue weighted by molar-refractivity contribution is -0.383. The maximum atomic E-state index is 12.1. The van der Waals surface area contributed by atoms with Gasteiger partial charge in [0.1, 0.15) is 6.33 Å². The minimum Gasteiger partial charge on any atom is -0.334 e. The minimum absolute atomic E-state index is 0.0830. The normalized spacial score (nSPS) is 10.0. The molecule has 0 bridgehead atoms. The summed E-state index contributed by atoms with van der Waals surface area (Å²) in [6, 6.07) is 9.62. The predicted octanol–water partition coefficient (Wildman–Crippen LogP) is 2.24. The summed E-state index contributed by atoms with van der Waals surface area (Å²) in [6.45, 7) is 1.39. The van der Waals surface area contributed by atoms with Gasteiger partial charge in [0.05, 0.1) is 10.5 Å². The number of anilines is 4. The number of hydrogen-bond donors (Lipinski definition) is 4. The van der Waals surface area contributed by atoms with Crippen LogP contribution in [0.4, 0.5) is 28.7 Å². The molecule has 0 saturated heterocycles. The van der Waals surface area contributed by atoms with E-state index in [1.807, 2.05) is 0 Å². The number of carbonyl (C=O) groups excluding carboxylic acids is 2. The van der Waals surface area contributed by atoms with Crippen molar-refractivity contribution in [3.05, 3.63) is 70.8 Å². The largest absolute Gasteiger partial charge is 0.355 e. The molecule has 0 radical (unpaired) electrons. The number of aromatic nitrogens is 3. The smallest absolute Gasteiger partial charge is 0.334 e. The third-order valence-corrected chi connectivity index (χ3v) is 3.69. The van der Waals surface area contributed by atoms with Crippen molar-refractivity contribution in [2.45, 2.75) is 6.92 Å². The summed E-state index contributed by atoms with van der Waals surface area (Å²) in [5, 5.41) is 17.0. The lowest BCUT2D eigenvalue weighted by atomic mass is 10.2. The first-order valence-corrected chi connectivity index (χ1v) is 8.54. The summed E-state index contributed by atoms with van der Waals surface area (Å²) in [5.74, 6) is -1.05. The van der Waals surface area contributed by atoms with Crippen molar-refractivity contribution in [3.8, 4) is 0 Å². The average Bonchev–Trinajstić information content (AvgIpc) is 2.73. The Hall–Kier alpha value is -4.61. The number of nitro groups is 1. The molecule has 0 aliphatic carbocycles. The van der Waals surface area contributed by atoms with Gasteiger partial charge in [0.25, 0.3) is 5.91 Å². The summed E-state index contributed by atoms with van der Waals surface area (Å²) in [4.78, 5) is 45.7. The Bertz CT molecular complexity index is 1070. The Morgan fingerprint density at radius 2 is 1.73 bits per heavy atom. The number of hydrogen-bond acceptors (Lipinski definition) is 9. The summed E-state index contributed by atoms with van der Waals surface area (Å²) in [6.07, 6.45) is 3.97. The number of carbonyl (C=O) groups is 2. The van der Waals surface area contributed by atoms with Crippen LogP contribution in [0.15, 0.2) is 55.1 Å². The first kappa shape index (κ1) is 20.1. The Balaban J connectivity index is 1.78. The molecule has 0 unspecified atom stereocenters. The number of rotatable bonds is 7. The summed E-state index contributed by atoms with van der Waals surface area (Å²) in [5.41, 5.74) is 5.65. The van der Waals surface area contributed by atoms with Crippen molar-refractivity contribution < 1.29 is 14.5 Å². The molecule has 2 aromatic heterocycles. The highest BCUT2D eigenvalue weighted by Gasteiger charge is 2.23. The molecule has 12 nitrogen and oxygen atoms in total. The van der Waals surface area contributed by atoms with Crippen LogP contribution < -0.4 is 21.5 Å². The zero-order chi connectivity index (χ0) is 21.5. The Kier molecular flexibility index (Phi) is 6.08. The van der Waals surface area contributed by atoms with Gasteiger partial charge in [0.2, 0.25) is 17.5 Å². The third-order valence-electron chi connectivity index (χ3n) is 3.69. The number of benzene rings is 1. The maximum absolute atomic E-state index is 12.1. The van der Waals surface area contributed by atoms with Gasteiger partial charge in [-0.1, -0.05) is 0 Å². The third kappa shape index (κ3) is 5.01. The van der Waals surface area contributed by atoms with Crippen LogP contribution in [0.3, 0.4) is 0 Å². The minimum atomic E-state index is -0.674. The van der Waals surface area contributed by atoms with Gasteiger partial charge in [-0.25, -0.2) is 9.97 Å². The van der Waals surface area contributed by atoms with Gasteiger partial charge < -0.3 is 10.6 Å². The molecular formula is C18H16N8O4. The number of amides is 2. The first-order chi connectivity index (χ1) is 14.4. The molecule has 1 aromatic carbocycles. The van der Waals surface area contributed by atoms with Crippen LogP contribution in [0.25, 0.3) is 0 Å². The maximum Gasteiger partial charge on any atom is 0.355 e. The molecule has 0 atom stereocenters. The van der Waals surface area contributed by atoms with Crippen LogP contribution in [0, 0.1) is 10.1 Å². The summed E-state index contributed by atoms with van der Waals surface area (Å²) < 4.78 is 0. The van der Waals surface area contributed by atoms with E-state index in [1.165, 1.54) is 25.4 Å². The average molecular weight is 408 g/mol. The fraction of sp³-hybridized carbons (Fsp3) is 0.0556. The van der Waals surface area contributed by atoms with Crippen molar-refractivity contribution in [2.75, 3.05) is 16.1 Å². The molecule has 152 valence electrons. The fourth-order valence-electron chi connectivity index (χ4n) is 2.40. The van der Waals surface area contributed by atoms with E-state index in [9.17, 15) is 19.7 Å². The van der Waals surface area contributed by atoms with E-state index in [0.717, 1.165) is 6.33 Å². The Morgan fingerprint density at radius 1 is 1.03 bits per heavy atom. The first-order valence-electron chi connectivity index (χ1n) is 8.54. The van der Waals surface area contributed by atoms with Gasteiger partial charge in [0.15, 0.2) is 0 Å². The molecule has 4 N–H and O–H groups in total. The molecule has 0 spiro atoms. The van der Waals surface area contributed by atoms with Gasteiger partial charge in [-0.3, -0.25) is 35.5 Å². The van der Waals surface area contributed by atoms with Gasteiger partial charge in [0, 0.05) is 30.7 Å². The SMILES string of the molecule is CC(=O)Nc1ccc(Nc2ncnc(NNC(=O)c3cccnc3)c2[N+](=O)[O-])cc1. The highest BCUT2D eigenvalue weighted by atomic mass is 16.6. The number of nitrogens with one attached hydrogen (secondary N) is 4. The Morgan fingerprint density at radius 3 is 2.37 bits per heavy atom. The van der Waals surface area contributed by atoms with Crippen molar-refractivity contribution in [2.24, 2.45) is 0 Å². The molecule has 0 saturated carbocycles. The molecular weight excluding hydrogens is 392 g/mol. The molecule has 3 aromatic rings. The summed E-state index contributed by atoms with van der Waals surface area (Å²) >= 11 is 0. The standard InChI is InChI=1S/C18H16N8O4/c1-11(27)22-13-4-6-14(7-5-13)23-16-15(26(29)30)17(21-10-20-16)24-25-18(28)12-3-2-8-19-9-12/h2-10H,1H3,(H,22,27)(H,25,28)(H2,20,21,23,24). The van der Waals surface area contributed by atoms with E-state index in [4.69, 9.17) is 0 Å². The van der Waals surface area contributed by atoms with Crippen molar-refractivity contribution in [1.29, 1.82) is 0 Å². The lowest BCUT2D eigenvalue weighted by Gasteiger charge is -2.11. The number of pyridine rings is 1. The van der Waals surface area contributed by atoms with E-state index in [-0.39, 0.29) is 23.1 Å². The van der Waals surface area contributed by atoms with E-state index in [0.29, 0.717) is 11.4 Å². The highest BCUT2D eigenvalue weighted by Crippen LogP contribution is 2.31. The second kappa shape index (κ2) is 9.05.